The molecule has 0 bridgehead atoms. The predicted octanol–water partition coefficient (Wildman–Crippen LogP) is 2.77. The van der Waals surface area contributed by atoms with E-state index in [1.54, 1.807) is 13.3 Å². The van der Waals surface area contributed by atoms with Crippen molar-refractivity contribution < 1.29 is 4.42 Å². The molecule has 0 fully saturated rings. The molecular weight excluding hydrogens is 188 g/mol. The van der Waals surface area contributed by atoms with Crippen LogP contribution in [0.25, 0.3) is 0 Å². The number of furan rings is 1. The Morgan fingerprint density at radius 3 is 2.53 bits per heavy atom. The van der Waals surface area contributed by atoms with Crippen LogP contribution in [0.5, 0.6) is 0 Å². The summed E-state index contributed by atoms with van der Waals surface area (Å²) in [5.74, 6) is 1.47. The van der Waals surface area contributed by atoms with Crippen molar-refractivity contribution in [1.29, 1.82) is 0 Å². The van der Waals surface area contributed by atoms with Gasteiger partial charge in [-0.05, 0) is 24.3 Å². The highest BCUT2D eigenvalue weighted by molar-refractivity contribution is 6.06. The molecule has 0 saturated heterocycles. The lowest BCUT2D eigenvalue weighted by Crippen LogP contribution is -2.12. The highest BCUT2D eigenvalue weighted by Crippen LogP contribution is 2.09. The zero-order chi connectivity index (χ0) is 10.5. The van der Waals surface area contributed by atoms with E-state index in [0.717, 1.165) is 17.3 Å². The van der Waals surface area contributed by atoms with Crippen LogP contribution < -0.4 is 5.32 Å². The molecule has 0 atom stereocenters. The second-order valence-corrected chi connectivity index (χ2v) is 3.04. The summed E-state index contributed by atoms with van der Waals surface area (Å²) in [6.45, 7) is 0. The predicted molar refractivity (Wildman–Crippen MR) is 61.2 cm³/mol. The number of aliphatic imine (C=N–C) groups is 1. The number of para-hydroxylation sites is 1. The third kappa shape index (κ3) is 2.26. The smallest absolute Gasteiger partial charge is 0.168 e. The van der Waals surface area contributed by atoms with E-state index in [4.69, 9.17) is 4.42 Å². The topological polar surface area (TPSA) is 37.5 Å². The Bertz CT molecular complexity index is 432. The molecule has 0 aliphatic carbocycles. The number of anilines is 1. The summed E-state index contributed by atoms with van der Waals surface area (Å²) in [6.07, 6.45) is 1.63. The van der Waals surface area contributed by atoms with Crippen molar-refractivity contribution in [2.45, 2.75) is 0 Å². The maximum absolute atomic E-state index is 5.27. The van der Waals surface area contributed by atoms with Crippen LogP contribution in [-0.2, 0) is 0 Å². The van der Waals surface area contributed by atoms with E-state index in [2.05, 4.69) is 10.3 Å². The van der Waals surface area contributed by atoms with Crippen LogP contribution >= 0.6 is 0 Å². The lowest BCUT2D eigenvalue weighted by molar-refractivity contribution is 0.557. The summed E-state index contributed by atoms with van der Waals surface area (Å²) in [7, 11) is 1.73. The Morgan fingerprint density at radius 2 is 1.93 bits per heavy atom. The number of hydrogen-bond donors (Lipinski definition) is 1. The van der Waals surface area contributed by atoms with Crippen LogP contribution in [-0.4, -0.2) is 12.9 Å². The first-order chi connectivity index (χ1) is 7.40. The number of nitrogens with one attached hydrogen (secondary N) is 1. The molecular formula is C12H12N2O. The number of amidine groups is 1. The Kier molecular flexibility index (Phi) is 2.83. The van der Waals surface area contributed by atoms with Crippen LogP contribution in [0.15, 0.2) is 58.1 Å². The maximum Gasteiger partial charge on any atom is 0.168 e. The van der Waals surface area contributed by atoms with E-state index in [9.17, 15) is 0 Å². The van der Waals surface area contributed by atoms with Crippen LogP contribution in [0, 0.1) is 0 Å². The molecule has 3 nitrogen and oxygen atoms in total. The van der Waals surface area contributed by atoms with Gasteiger partial charge in [-0.1, -0.05) is 18.2 Å². The summed E-state index contributed by atoms with van der Waals surface area (Å²) < 4.78 is 5.27. The third-order valence-corrected chi connectivity index (χ3v) is 2.01. The molecule has 2 aromatic rings. The fraction of sp³-hybridized carbons (Fsp3) is 0.0833. The molecule has 0 aliphatic rings. The van der Waals surface area contributed by atoms with E-state index in [1.807, 2.05) is 42.5 Å². The van der Waals surface area contributed by atoms with Gasteiger partial charge in [-0.15, -0.1) is 0 Å². The zero-order valence-corrected chi connectivity index (χ0v) is 8.47. The molecule has 1 aromatic carbocycles. The van der Waals surface area contributed by atoms with Gasteiger partial charge in [-0.3, -0.25) is 4.99 Å². The molecule has 1 aromatic heterocycles. The summed E-state index contributed by atoms with van der Waals surface area (Å²) in [5.41, 5.74) is 0.995. The minimum Gasteiger partial charge on any atom is -0.461 e. The van der Waals surface area contributed by atoms with Crippen molar-refractivity contribution in [3.8, 4) is 0 Å². The van der Waals surface area contributed by atoms with Gasteiger partial charge in [0.2, 0.25) is 0 Å². The van der Waals surface area contributed by atoms with Crippen LogP contribution in [0.4, 0.5) is 5.69 Å². The van der Waals surface area contributed by atoms with Crippen molar-refractivity contribution in [1.82, 2.24) is 0 Å². The summed E-state index contributed by atoms with van der Waals surface area (Å²) >= 11 is 0. The first kappa shape index (κ1) is 9.52. The first-order valence-corrected chi connectivity index (χ1v) is 4.73. The molecule has 1 heterocycles. The molecule has 0 spiro atoms. The minimum absolute atomic E-state index is 0.728. The van der Waals surface area contributed by atoms with Gasteiger partial charge >= 0.3 is 0 Å². The fourth-order valence-corrected chi connectivity index (χ4v) is 1.30. The van der Waals surface area contributed by atoms with Gasteiger partial charge in [0.25, 0.3) is 0 Å². The van der Waals surface area contributed by atoms with Gasteiger partial charge in [0.1, 0.15) is 0 Å². The third-order valence-electron chi connectivity index (χ3n) is 2.01. The van der Waals surface area contributed by atoms with E-state index in [-0.39, 0.29) is 0 Å². The number of nitrogens with zero attached hydrogens (tertiary/aromatic N) is 1. The Hall–Kier alpha value is -2.03. The van der Waals surface area contributed by atoms with Crippen molar-refractivity contribution in [2.24, 2.45) is 4.99 Å². The molecule has 15 heavy (non-hydrogen) atoms. The molecule has 0 amide bonds. The Labute approximate surface area is 88.5 Å². The standard InChI is InChI=1S/C12H12N2O/c1-13-12(11-8-5-9-15-11)14-10-6-3-2-4-7-10/h2-9H,1H3,(H,13,14). The zero-order valence-electron chi connectivity index (χ0n) is 8.47. The molecule has 3 heteroatoms. The lowest BCUT2D eigenvalue weighted by Gasteiger charge is -2.06. The van der Waals surface area contributed by atoms with Gasteiger partial charge in [0, 0.05) is 12.7 Å². The van der Waals surface area contributed by atoms with Gasteiger partial charge in [0.15, 0.2) is 11.6 Å². The Morgan fingerprint density at radius 1 is 1.13 bits per heavy atom. The van der Waals surface area contributed by atoms with Gasteiger partial charge in [0.05, 0.1) is 6.26 Å². The highest BCUT2D eigenvalue weighted by Gasteiger charge is 2.04. The van der Waals surface area contributed by atoms with Crippen molar-refractivity contribution in [2.75, 3.05) is 12.4 Å². The number of hydrogen-bond acceptors (Lipinski definition) is 2. The van der Waals surface area contributed by atoms with E-state index in [1.165, 1.54) is 0 Å². The quantitative estimate of drug-likeness (QED) is 0.598. The van der Waals surface area contributed by atoms with Gasteiger partial charge in [-0.2, -0.15) is 0 Å². The molecule has 0 unspecified atom stereocenters. The SMILES string of the molecule is CN=C(Nc1ccccc1)c1ccco1. The molecule has 76 valence electrons. The van der Waals surface area contributed by atoms with Crippen LogP contribution in [0.1, 0.15) is 5.76 Å². The maximum atomic E-state index is 5.27. The number of benzene rings is 1. The second-order valence-electron chi connectivity index (χ2n) is 3.04. The fourth-order valence-electron chi connectivity index (χ4n) is 1.30. The van der Waals surface area contributed by atoms with Crippen molar-refractivity contribution in [3.63, 3.8) is 0 Å². The van der Waals surface area contributed by atoms with Crippen molar-refractivity contribution in [3.05, 3.63) is 54.5 Å². The lowest BCUT2D eigenvalue weighted by atomic mass is 10.3. The normalized spacial score (nSPS) is 11.4. The minimum atomic E-state index is 0.728. The summed E-state index contributed by atoms with van der Waals surface area (Å²) in [4.78, 5) is 4.14. The molecule has 0 radical (unpaired) electrons. The van der Waals surface area contributed by atoms with E-state index in [0.29, 0.717) is 0 Å². The molecule has 2 rings (SSSR count). The van der Waals surface area contributed by atoms with Crippen LogP contribution in [0.3, 0.4) is 0 Å². The molecule has 1 N–H and O–H groups in total. The highest BCUT2D eigenvalue weighted by atomic mass is 16.3. The summed E-state index contributed by atoms with van der Waals surface area (Å²) in [6, 6.07) is 13.6. The molecule has 0 saturated carbocycles. The molecule has 0 aliphatic heterocycles. The largest absolute Gasteiger partial charge is 0.461 e. The first-order valence-electron chi connectivity index (χ1n) is 4.73. The van der Waals surface area contributed by atoms with Crippen molar-refractivity contribution >= 4 is 11.5 Å². The van der Waals surface area contributed by atoms with E-state index < -0.39 is 0 Å². The van der Waals surface area contributed by atoms with Gasteiger partial charge < -0.3 is 9.73 Å². The Balaban J connectivity index is 2.18. The van der Waals surface area contributed by atoms with Crippen LogP contribution in [0.2, 0.25) is 0 Å². The summed E-state index contributed by atoms with van der Waals surface area (Å²) in [5, 5.41) is 3.19. The average molecular weight is 200 g/mol. The van der Waals surface area contributed by atoms with E-state index >= 15 is 0 Å². The number of rotatable bonds is 2. The average Bonchev–Trinajstić information content (AvgIpc) is 2.81. The van der Waals surface area contributed by atoms with Gasteiger partial charge in [-0.25, -0.2) is 0 Å². The monoisotopic (exact) mass is 200 g/mol. The second kappa shape index (κ2) is 4.46.